The number of fused-ring (bicyclic) bond motifs is 1. The van der Waals surface area contributed by atoms with E-state index < -0.39 is 0 Å². The molecule has 1 atom stereocenters. The molecule has 0 spiro atoms. The third-order valence-electron chi connectivity index (χ3n) is 5.59. The van der Waals surface area contributed by atoms with E-state index in [0.29, 0.717) is 5.69 Å². The quantitative estimate of drug-likeness (QED) is 0.696. The Kier molecular flexibility index (Phi) is 5.87. The van der Waals surface area contributed by atoms with Crippen LogP contribution in [0.5, 0.6) is 0 Å². The molecule has 7 nitrogen and oxygen atoms in total. The van der Waals surface area contributed by atoms with Gasteiger partial charge < -0.3 is 10.0 Å². The highest BCUT2D eigenvalue weighted by atomic mass is 16.3. The fraction of sp³-hybridized carbons (Fsp3) is 0.409. The van der Waals surface area contributed by atoms with Crippen molar-refractivity contribution in [2.75, 3.05) is 33.3 Å². The summed E-state index contributed by atoms with van der Waals surface area (Å²) in [5, 5.41) is 19.8. The van der Waals surface area contributed by atoms with Gasteiger partial charge in [-0.1, -0.05) is 41.6 Å². The molecule has 0 aliphatic carbocycles. The SMILES string of the molecule is CN(CCO)C(=O)c1cn(C2CCCN(Cc3ccc4ccccc4c3)C2)nn1. The summed E-state index contributed by atoms with van der Waals surface area (Å²) in [6.07, 6.45) is 3.85. The first-order valence-electron chi connectivity index (χ1n) is 10.1. The number of aliphatic hydroxyl groups is 1. The largest absolute Gasteiger partial charge is 0.395 e. The number of aliphatic hydroxyl groups excluding tert-OH is 1. The third kappa shape index (κ3) is 4.46. The minimum atomic E-state index is -0.214. The number of carbonyl (C=O) groups is 1. The first kappa shape index (κ1) is 19.5. The van der Waals surface area contributed by atoms with Gasteiger partial charge in [0, 0.05) is 26.7 Å². The Hall–Kier alpha value is -2.77. The molecule has 0 radical (unpaired) electrons. The van der Waals surface area contributed by atoms with E-state index >= 15 is 0 Å². The predicted octanol–water partition coefficient (Wildman–Crippen LogP) is 2.33. The number of likely N-dealkylation sites (N-methyl/N-ethyl adjacent to an activating group) is 1. The van der Waals surface area contributed by atoms with Gasteiger partial charge in [-0.05, 0) is 41.8 Å². The van der Waals surface area contributed by atoms with Gasteiger partial charge in [0.15, 0.2) is 5.69 Å². The first-order valence-corrected chi connectivity index (χ1v) is 10.1. The van der Waals surface area contributed by atoms with Crippen molar-refractivity contribution in [2.45, 2.75) is 25.4 Å². The summed E-state index contributed by atoms with van der Waals surface area (Å²) in [6.45, 7) is 3.07. The Labute approximate surface area is 170 Å². The molecule has 1 N–H and O–H groups in total. The zero-order valence-corrected chi connectivity index (χ0v) is 16.7. The molecule has 0 bridgehead atoms. The molecule has 2 aromatic carbocycles. The van der Waals surface area contributed by atoms with Crippen molar-refractivity contribution in [2.24, 2.45) is 0 Å². The van der Waals surface area contributed by atoms with Crippen molar-refractivity contribution in [3.63, 3.8) is 0 Å². The molecule has 1 fully saturated rings. The molecule has 7 heteroatoms. The second kappa shape index (κ2) is 8.71. The van der Waals surface area contributed by atoms with Crippen molar-refractivity contribution >= 4 is 16.7 Å². The fourth-order valence-corrected chi connectivity index (χ4v) is 3.99. The van der Waals surface area contributed by atoms with E-state index in [1.54, 1.807) is 13.2 Å². The lowest BCUT2D eigenvalue weighted by atomic mass is 10.0. The number of amides is 1. The third-order valence-corrected chi connectivity index (χ3v) is 5.59. The van der Waals surface area contributed by atoms with Gasteiger partial charge in [0.25, 0.3) is 5.91 Å². The summed E-state index contributed by atoms with van der Waals surface area (Å²) >= 11 is 0. The van der Waals surface area contributed by atoms with Crippen LogP contribution in [0.15, 0.2) is 48.7 Å². The molecular formula is C22H27N5O2. The lowest BCUT2D eigenvalue weighted by Gasteiger charge is -2.32. The summed E-state index contributed by atoms with van der Waals surface area (Å²) in [6, 6.07) is 15.3. The monoisotopic (exact) mass is 393 g/mol. The van der Waals surface area contributed by atoms with Crippen molar-refractivity contribution in [1.82, 2.24) is 24.8 Å². The van der Waals surface area contributed by atoms with Gasteiger partial charge in [-0.3, -0.25) is 9.69 Å². The molecule has 1 aliphatic rings. The highest BCUT2D eigenvalue weighted by Gasteiger charge is 2.24. The van der Waals surface area contributed by atoms with E-state index in [1.807, 2.05) is 4.68 Å². The van der Waals surface area contributed by atoms with Gasteiger partial charge in [-0.2, -0.15) is 0 Å². The van der Waals surface area contributed by atoms with Crippen LogP contribution in [-0.4, -0.2) is 69.1 Å². The highest BCUT2D eigenvalue weighted by molar-refractivity contribution is 5.91. The lowest BCUT2D eigenvalue weighted by molar-refractivity contribution is 0.0761. The van der Waals surface area contributed by atoms with E-state index in [0.717, 1.165) is 32.5 Å². The average molecular weight is 393 g/mol. The highest BCUT2D eigenvalue weighted by Crippen LogP contribution is 2.24. The van der Waals surface area contributed by atoms with Crippen LogP contribution in [0.2, 0.25) is 0 Å². The Morgan fingerprint density at radius 3 is 2.90 bits per heavy atom. The molecular weight excluding hydrogens is 366 g/mol. The number of hydrogen-bond acceptors (Lipinski definition) is 5. The first-order chi connectivity index (χ1) is 14.1. The van der Waals surface area contributed by atoms with Crippen LogP contribution in [0, 0.1) is 0 Å². The zero-order valence-electron chi connectivity index (χ0n) is 16.7. The smallest absolute Gasteiger partial charge is 0.275 e. The van der Waals surface area contributed by atoms with Gasteiger partial charge >= 0.3 is 0 Å². The molecule has 1 aromatic heterocycles. The number of rotatable bonds is 6. The number of aromatic nitrogens is 3. The van der Waals surface area contributed by atoms with E-state index in [1.165, 1.54) is 21.2 Å². The molecule has 0 saturated carbocycles. The van der Waals surface area contributed by atoms with Crippen molar-refractivity contribution in [3.05, 3.63) is 59.9 Å². The van der Waals surface area contributed by atoms with Gasteiger partial charge in [-0.25, -0.2) is 4.68 Å². The predicted molar refractivity (Wildman–Crippen MR) is 112 cm³/mol. The number of nitrogens with zero attached hydrogens (tertiary/aromatic N) is 5. The number of benzene rings is 2. The van der Waals surface area contributed by atoms with E-state index in [9.17, 15) is 4.79 Å². The number of likely N-dealkylation sites (tertiary alicyclic amines) is 1. The van der Waals surface area contributed by atoms with Crippen LogP contribution in [0.3, 0.4) is 0 Å². The number of piperidine rings is 1. The normalized spacial score (nSPS) is 17.5. The Morgan fingerprint density at radius 1 is 1.24 bits per heavy atom. The van der Waals surface area contributed by atoms with Crippen LogP contribution < -0.4 is 0 Å². The molecule has 152 valence electrons. The summed E-state index contributed by atoms with van der Waals surface area (Å²) < 4.78 is 1.83. The lowest BCUT2D eigenvalue weighted by Crippen LogP contribution is -2.36. The van der Waals surface area contributed by atoms with Crippen LogP contribution in [0.4, 0.5) is 0 Å². The minimum Gasteiger partial charge on any atom is -0.395 e. The number of carbonyl (C=O) groups excluding carboxylic acids is 1. The number of hydrogen-bond donors (Lipinski definition) is 1. The van der Waals surface area contributed by atoms with Crippen molar-refractivity contribution in [3.8, 4) is 0 Å². The average Bonchev–Trinajstić information content (AvgIpc) is 3.24. The second-order valence-corrected chi connectivity index (χ2v) is 7.75. The van der Waals surface area contributed by atoms with Gasteiger partial charge in [0.2, 0.25) is 0 Å². The summed E-state index contributed by atoms with van der Waals surface area (Å²) in [7, 11) is 1.66. The van der Waals surface area contributed by atoms with Gasteiger partial charge in [0.05, 0.1) is 18.8 Å². The van der Waals surface area contributed by atoms with Crippen molar-refractivity contribution in [1.29, 1.82) is 0 Å². The summed E-state index contributed by atoms with van der Waals surface area (Å²) in [4.78, 5) is 16.2. The molecule has 1 aliphatic heterocycles. The fourth-order valence-electron chi connectivity index (χ4n) is 3.99. The van der Waals surface area contributed by atoms with Crippen LogP contribution in [-0.2, 0) is 6.54 Å². The summed E-state index contributed by atoms with van der Waals surface area (Å²) in [5.41, 5.74) is 1.64. The zero-order chi connectivity index (χ0) is 20.2. The van der Waals surface area contributed by atoms with Crippen molar-refractivity contribution < 1.29 is 9.90 Å². The molecule has 3 aromatic rings. The van der Waals surface area contributed by atoms with E-state index in [2.05, 4.69) is 57.7 Å². The maximum absolute atomic E-state index is 12.3. The summed E-state index contributed by atoms with van der Waals surface area (Å²) in [5.74, 6) is -0.214. The maximum Gasteiger partial charge on any atom is 0.275 e. The topological polar surface area (TPSA) is 74.5 Å². The molecule has 1 amide bonds. The molecule has 1 saturated heterocycles. The molecule has 1 unspecified atom stereocenters. The standard InChI is InChI=1S/C22H27N5O2/c1-25(11-12-28)22(29)21-16-27(24-23-21)20-7-4-10-26(15-20)14-17-8-9-18-5-2-3-6-19(18)13-17/h2-3,5-6,8-9,13,16,20,28H,4,7,10-12,14-15H2,1H3. The molecule has 4 rings (SSSR count). The van der Waals surface area contributed by atoms with Crippen LogP contribution in [0.1, 0.15) is 34.9 Å². The minimum absolute atomic E-state index is 0.0667. The Bertz CT molecular complexity index is 986. The van der Waals surface area contributed by atoms with Gasteiger partial charge in [0.1, 0.15) is 0 Å². The second-order valence-electron chi connectivity index (χ2n) is 7.75. The maximum atomic E-state index is 12.3. The van der Waals surface area contributed by atoms with Gasteiger partial charge in [-0.15, -0.1) is 5.10 Å². The Balaban J connectivity index is 1.42. The van der Waals surface area contributed by atoms with E-state index in [4.69, 9.17) is 5.11 Å². The van der Waals surface area contributed by atoms with Crippen LogP contribution >= 0.6 is 0 Å². The molecule has 29 heavy (non-hydrogen) atoms. The Morgan fingerprint density at radius 2 is 2.07 bits per heavy atom. The molecule has 2 heterocycles. The van der Waals surface area contributed by atoms with Crippen LogP contribution in [0.25, 0.3) is 10.8 Å². The van der Waals surface area contributed by atoms with E-state index in [-0.39, 0.29) is 25.1 Å².